The fourth-order valence-electron chi connectivity index (χ4n) is 2.12. The van der Waals surface area contributed by atoms with Crippen LogP contribution in [-0.2, 0) is 6.54 Å². The van der Waals surface area contributed by atoms with E-state index < -0.39 is 0 Å². The molecule has 1 atom stereocenters. The smallest absolute Gasteiger partial charge is 0.272 e. The van der Waals surface area contributed by atoms with Gasteiger partial charge >= 0.3 is 0 Å². The standard InChI is InChI=1S/C16H17BrN2O2/c1-11-7-8-13(9-16(11)19(20)21)12(2)18-10-14-5-3-4-6-15(14)17/h3-9,12,18H,10H2,1-2H3. The Bertz CT molecular complexity index is 658. The van der Waals surface area contributed by atoms with E-state index in [0.717, 1.165) is 15.6 Å². The molecule has 2 aromatic carbocycles. The number of benzene rings is 2. The molecule has 0 heterocycles. The molecule has 0 fully saturated rings. The minimum Gasteiger partial charge on any atom is -0.306 e. The summed E-state index contributed by atoms with van der Waals surface area (Å²) in [5.74, 6) is 0. The Hall–Kier alpha value is -1.72. The number of halogens is 1. The van der Waals surface area contributed by atoms with Crippen molar-refractivity contribution in [1.29, 1.82) is 0 Å². The molecule has 2 rings (SSSR count). The largest absolute Gasteiger partial charge is 0.306 e. The molecule has 0 saturated carbocycles. The highest BCUT2D eigenvalue weighted by Crippen LogP contribution is 2.24. The Morgan fingerprint density at radius 3 is 2.67 bits per heavy atom. The molecule has 0 spiro atoms. The fourth-order valence-corrected chi connectivity index (χ4v) is 2.54. The minimum absolute atomic E-state index is 0.0383. The zero-order valence-corrected chi connectivity index (χ0v) is 13.6. The van der Waals surface area contributed by atoms with Gasteiger partial charge in [0.05, 0.1) is 4.92 Å². The molecule has 1 unspecified atom stereocenters. The molecule has 0 aliphatic rings. The minimum atomic E-state index is -0.334. The molecular weight excluding hydrogens is 332 g/mol. The maximum Gasteiger partial charge on any atom is 0.272 e. The summed E-state index contributed by atoms with van der Waals surface area (Å²) in [6.07, 6.45) is 0. The summed E-state index contributed by atoms with van der Waals surface area (Å²) >= 11 is 3.51. The summed E-state index contributed by atoms with van der Waals surface area (Å²) in [5, 5.41) is 14.4. The topological polar surface area (TPSA) is 55.2 Å². The summed E-state index contributed by atoms with van der Waals surface area (Å²) in [4.78, 5) is 10.7. The van der Waals surface area contributed by atoms with Crippen molar-refractivity contribution in [2.45, 2.75) is 26.4 Å². The first-order valence-electron chi connectivity index (χ1n) is 6.70. The third kappa shape index (κ3) is 3.89. The second-order valence-corrected chi connectivity index (χ2v) is 5.85. The molecule has 0 aliphatic heterocycles. The average Bonchev–Trinajstić information content (AvgIpc) is 2.46. The van der Waals surface area contributed by atoms with Crippen molar-refractivity contribution in [2.75, 3.05) is 0 Å². The van der Waals surface area contributed by atoms with Gasteiger partial charge in [-0.1, -0.05) is 46.3 Å². The lowest BCUT2D eigenvalue weighted by Gasteiger charge is -2.15. The van der Waals surface area contributed by atoms with E-state index in [-0.39, 0.29) is 16.7 Å². The van der Waals surface area contributed by atoms with E-state index in [4.69, 9.17) is 0 Å². The van der Waals surface area contributed by atoms with Crippen LogP contribution >= 0.6 is 15.9 Å². The van der Waals surface area contributed by atoms with E-state index in [1.54, 1.807) is 19.1 Å². The summed E-state index contributed by atoms with van der Waals surface area (Å²) in [6.45, 7) is 4.45. The first kappa shape index (κ1) is 15.7. The zero-order chi connectivity index (χ0) is 15.4. The highest BCUT2D eigenvalue weighted by Gasteiger charge is 2.14. The Labute approximate surface area is 132 Å². The Kier molecular flexibility index (Phi) is 5.09. The van der Waals surface area contributed by atoms with Crippen LogP contribution in [0, 0.1) is 17.0 Å². The third-order valence-corrected chi connectivity index (χ3v) is 4.26. The van der Waals surface area contributed by atoms with E-state index in [2.05, 4.69) is 21.2 Å². The van der Waals surface area contributed by atoms with Crippen LogP contribution in [0.15, 0.2) is 46.9 Å². The quantitative estimate of drug-likeness (QED) is 0.638. The molecule has 0 aromatic heterocycles. The molecule has 2 aromatic rings. The first-order valence-corrected chi connectivity index (χ1v) is 7.50. The van der Waals surface area contributed by atoms with Gasteiger partial charge in [0.1, 0.15) is 0 Å². The molecule has 0 amide bonds. The molecule has 110 valence electrons. The third-order valence-electron chi connectivity index (χ3n) is 3.49. The molecule has 0 radical (unpaired) electrons. The van der Waals surface area contributed by atoms with Gasteiger partial charge in [-0.05, 0) is 31.0 Å². The second kappa shape index (κ2) is 6.83. The van der Waals surface area contributed by atoms with E-state index in [1.807, 2.05) is 37.3 Å². The van der Waals surface area contributed by atoms with Crippen LogP contribution < -0.4 is 5.32 Å². The zero-order valence-electron chi connectivity index (χ0n) is 12.0. The van der Waals surface area contributed by atoms with E-state index in [9.17, 15) is 10.1 Å². The van der Waals surface area contributed by atoms with Crippen LogP contribution in [0.3, 0.4) is 0 Å². The summed E-state index contributed by atoms with van der Waals surface area (Å²) in [6, 6.07) is 13.4. The molecule has 21 heavy (non-hydrogen) atoms. The van der Waals surface area contributed by atoms with Gasteiger partial charge in [-0.3, -0.25) is 10.1 Å². The van der Waals surface area contributed by atoms with Crippen molar-refractivity contribution < 1.29 is 4.92 Å². The number of nitro groups is 1. The van der Waals surface area contributed by atoms with Gasteiger partial charge in [-0.25, -0.2) is 0 Å². The predicted molar refractivity (Wildman–Crippen MR) is 87.2 cm³/mol. The van der Waals surface area contributed by atoms with Gasteiger partial charge in [0.2, 0.25) is 0 Å². The number of nitrogens with one attached hydrogen (secondary N) is 1. The highest BCUT2D eigenvalue weighted by molar-refractivity contribution is 9.10. The number of aryl methyl sites for hydroxylation is 1. The van der Waals surface area contributed by atoms with Crippen molar-refractivity contribution >= 4 is 21.6 Å². The van der Waals surface area contributed by atoms with Gasteiger partial charge in [-0.15, -0.1) is 0 Å². The lowest BCUT2D eigenvalue weighted by atomic mass is 10.0. The van der Waals surface area contributed by atoms with Crippen LogP contribution in [0.1, 0.15) is 29.7 Å². The van der Waals surface area contributed by atoms with Gasteiger partial charge < -0.3 is 5.32 Å². The van der Waals surface area contributed by atoms with Crippen LogP contribution in [0.25, 0.3) is 0 Å². The van der Waals surface area contributed by atoms with Crippen molar-refractivity contribution in [1.82, 2.24) is 5.32 Å². The van der Waals surface area contributed by atoms with Crippen molar-refractivity contribution in [3.8, 4) is 0 Å². The average molecular weight is 349 g/mol. The van der Waals surface area contributed by atoms with Crippen LogP contribution in [0.5, 0.6) is 0 Å². The van der Waals surface area contributed by atoms with Crippen molar-refractivity contribution in [2.24, 2.45) is 0 Å². The van der Waals surface area contributed by atoms with Crippen molar-refractivity contribution in [3.05, 3.63) is 73.7 Å². The normalized spacial score (nSPS) is 12.1. The molecule has 0 bridgehead atoms. The number of rotatable bonds is 5. The molecule has 5 heteroatoms. The van der Waals surface area contributed by atoms with E-state index in [1.165, 1.54) is 0 Å². The molecule has 0 saturated heterocycles. The van der Waals surface area contributed by atoms with Gasteiger partial charge in [-0.2, -0.15) is 0 Å². The molecular formula is C16H17BrN2O2. The number of hydrogen-bond acceptors (Lipinski definition) is 3. The SMILES string of the molecule is Cc1ccc(C(C)NCc2ccccc2Br)cc1[N+](=O)[O-]. The lowest BCUT2D eigenvalue weighted by Crippen LogP contribution is -2.18. The summed E-state index contributed by atoms with van der Waals surface area (Å²) in [7, 11) is 0. The predicted octanol–water partition coefficient (Wildman–Crippen LogP) is 4.52. The summed E-state index contributed by atoms with van der Waals surface area (Å²) < 4.78 is 1.06. The first-order chi connectivity index (χ1) is 9.99. The Balaban J connectivity index is 2.10. The monoisotopic (exact) mass is 348 g/mol. The van der Waals surface area contributed by atoms with Crippen LogP contribution in [0.2, 0.25) is 0 Å². The van der Waals surface area contributed by atoms with E-state index >= 15 is 0 Å². The van der Waals surface area contributed by atoms with Gasteiger partial charge in [0.25, 0.3) is 5.69 Å². The highest BCUT2D eigenvalue weighted by atomic mass is 79.9. The number of hydrogen-bond donors (Lipinski definition) is 1. The number of nitro benzene ring substituents is 1. The van der Waals surface area contributed by atoms with Crippen LogP contribution in [-0.4, -0.2) is 4.92 Å². The molecule has 0 aliphatic carbocycles. The maximum atomic E-state index is 11.0. The summed E-state index contributed by atoms with van der Waals surface area (Å²) in [5.41, 5.74) is 2.93. The fraction of sp³-hybridized carbons (Fsp3) is 0.250. The molecule has 1 N–H and O–H groups in total. The second-order valence-electron chi connectivity index (χ2n) is 5.00. The Morgan fingerprint density at radius 2 is 2.00 bits per heavy atom. The molecule has 4 nitrogen and oxygen atoms in total. The Morgan fingerprint density at radius 1 is 1.29 bits per heavy atom. The van der Waals surface area contributed by atoms with Gasteiger partial charge in [0, 0.05) is 28.7 Å². The van der Waals surface area contributed by atoms with Crippen molar-refractivity contribution in [3.63, 3.8) is 0 Å². The van der Waals surface area contributed by atoms with Crippen LogP contribution in [0.4, 0.5) is 5.69 Å². The lowest BCUT2D eigenvalue weighted by molar-refractivity contribution is -0.385. The van der Waals surface area contributed by atoms with E-state index in [0.29, 0.717) is 12.1 Å². The van der Waals surface area contributed by atoms with Gasteiger partial charge in [0.15, 0.2) is 0 Å². The maximum absolute atomic E-state index is 11.0. The number of nitrogens with zero attached hydrogens (tertiary/aromatic N) is 1.